The zero-order valence-electron chi connectivity index (χ0n) is 13.1. The van der Waals surface area contributed by atoms with Crippen molar-refractivity contribution in [2.24, 2.45) is 5.92 Å². The summed E-state index contributed by atoms with van der Waals surface area (Å²) < 4.78 is 0. The quantitative estimate of drug-likeness (QED) is 0.909. The van der Waals surface area contributed by atoms with Gasteiger partial charge < -0.3 is 11.1 Å². The number of amides is 1. The lowest BCUT2D eigenvalue weighted by molar-refractivity contribution is 0.0901. The highest BCUT2D eigenvalue weighted by atomic mass is 16.2. The maximum Gasteiger partial charge on any atom is 0.273 e. The lowest BCUT2D eigenvalue weighted by Crippen LogP contribution is -2.43. The predicted molar refractivity (Wildman–Crippen MR) is 89.8 cm³/mol. The highest BCUT2D eigenvalue weighted by Gasteiger charge is 2.27. The van der Waals surface area contributed by atoms with Gasteiger partial charge in [0.25, 0.3) is 5.91 Å². The summed E-state index contributed by atoms with van der Waals surface area (Å²) >= 11 is 0. The van der Waals surface area contributed by atoms with Crippen molar-refractivity contribution in [3.8, 4) is 0 Å². The number of hydrogen-bond donors (Lipinski definition) is 2. The Hall–Kier alpha value is -2.43. The molecule has 5 heteroatoms. The second-order valence-electron chi connectivity index (χ2n) is 6.10. The maximum atomic E-state index is 12.4. The van der Waals surface area contributed by atoms with E-state index in [0.29, 0.717) is 5.92 Å². The molecule has 1 heterocycles. The SMILES string of the molecule is Nc1nccnc1C(=O)N[C@@H]1CCCC[C@H]1Cc1ccccc1. The molecule has 2 aromatic rings. The fraction of sp³-hybridized carbons (Fsp3) is 0.389. The van der Waals surface area contributed by atoms with E-state index in [0.717, 1.165) is 25.7 Å². The molecule has 23 heavy (non-hydrogen) atoms. The molecule has 1 saturated carbocycles. The number of carbonyl (C=O) groups excluding carboxylic acids is 1. The lowest BCUT2D eigenvalue weighted by atomic mass is 9.80. The molecule has 0 saturated heterocycles. The molecule has 120 valence electrons. The van der Waals surface area contributed by atoms with Crippen molar-refractivity contribution in [2.45, 2.75) is 38.1 Å². The van der Waals surface area contributed by atoms with Gasteiger partial charge in [-0.15, -0.1) is 0 Å². The molecule has 0 bridgehead atoms. The van der Waals surface area contributed by atoms with Gasteiger partial charge in [-0.1, -0.05) is 43.2 Å². The summed E-state index contributed by atoms with van der Waals surface area (Å²) in [7, 11) is 0. The van der Waals surface area contributed by atoms with E-state index < -0.39 is 0 Å². The molecule has 3 rings (SSSR count). The minimum atomic E-state index is -0.222. The fourth-order valence-corrected chi connectivity index (χ4v) is 3.32. The van der Waals surface area contributed by atoms with E-state index in [2.05, 4.69) is 39.6 Å². The van der Waals surface area contributed by atoms with Gasteiger partial charge in [-0.3, -0.25) is 4.79 Å². The number of benzene rings is 1. The van der Waals surface area contributed by atoms with E-state index in [1.807, 2.05) is 6.07 Å². The summed E-state index contributed by atoms with van der Waals surface area (Å²) in [6.45, 7) is 0. The first-order valence-corrected chi connectivity index (χ1v) is 8.15. The van der Waals surface area contributed by atoms with Gasteiger partial charge in [0.2, 0.25) is 0 Å². The Morgan fingerprint density at radius 1 is 1.13 bits per heavy atom. The molecule has 0 unspecified atom stereocenters. The van der Waals surface area contributed by atoms with Crippen LogP contribution in [0, 0.1) is 5.92 Å². The Kier molecular flexibility index (Phi) is 4.86. The van der Waals surface area contributed by atoms with E-state index in [9.17, 15) is 4.79 Å². The van der Waals surface area contributed by atoms with Crippen LogP contribution in [0.5, 0.6) is 0 Å². The normalized spacial score (nSPS) is 20.9. The van der Waals surface area contributed by atoms with Gasteiger partial charge in [-0.25, -0.2) is 9.97 Å². The number of carbonyl (C=O) groups is 1. The van der Waals surface area contributed by atoms with Crippen LogP contribution in [0.15, 0.2) is 42.7 Å². The topological polar surface area (TPSA) is 80.9 Å². The molecule has 0 radical (unpaired) electrons. The third-order valence-electron chi connectivity index (χ3n) is 4.51. The van der Waals surface area contributed by atoms with Crippen LogP contribution in [-0.4, -0.2) is 21.9 Å². The summed E-state index contributed by atoms with van der Waals surface area (Å²) in [5, 5.41) is 3.12. The Bertz CT molecular complexity index is 659. The van der Waals surface area contributed by atoms with E-state index >= 15 is 0 Å². The second-order valence-corrected chi connectivity index (χ2v) is 6.10. The molecular formula is C18H22N4O. The molecule has 5 nitrogen and oxygen atoms in total. The third kappa shape index (κ3) is 3.86. The average Bonchev–Trinajstić information content (AvgIpc) is 2.58. The van der Waals surface area contributed by atoms with Crippen LogP contribution >= 0.6 is 0 Å². The van der Waals surface area contributed by atoms with Crippen molar-refractivity contribution in [3.63, 3.8) is 0 Å². The second kappa shape index (κ2) is 7.22. The Morgan fingerprint density at radius 2 is 1.87 bits per heavy atom. The number of anilines is 1. The Labute approximate surface area is 136 Å². The van der Waals surface area contributed by atoms with Gasteiger partial charge in [0.1, 0.15) is 0 Å². The highest BCUT2D eigenvalue weighted by Crippen LogP contribution is 2.28. The highest BCUT2D eigenvalue weighted by molar-refractivity contribution is 5.96. The molecule has 2 atom stereocenters. The number of rotatable bonds is 4. The van der Waals surface area contributed by atoms with E-state index in [-0.39, 0.29) is 23.5 Å². The van der Waals surface area contributed by atoms with Crippen molar-refractivity contribution in [3.05, 3.63) is 54.0 Å². The van der Waals surface area contributed by atoms with Crippen LogP contribution in [-0.2, 0) is 6.42 Å². The van der Waals surface area contributed by atoms with Crippen LogP contribution in [0.4, 0.5) is 5.82 Å². The molecule has 1 fully saturated rings. The Balaban J connectivity index is 1.69. The standard InChI is InChI=1S/C18H22N4O/c19-17-16(20-10-11-21-17)18(23)22-15-9-5-4-8-14(15)12-13-6-2-1-3-7-13/h1-3,6-7,10-11,14-15H,4-5,8-9,12H2,(H2,19,21)(H,22,23)/t14-,15+/m0/s1. The number of nitrogens with two attached hydrogens (primary N) is 1. The first kappa shape index (κ1) is 15.5. The van der Waals surface area contributed by atoms with Crippen molar-refractivity contribution in [1.29, 1.82) is 0 Å². The summed E-state index contributed by atoms with van der Waals surface area (Å²) in [5.74, 6) is 0.411. The molecule has 1 aromatic carbocycles. The molecule has 1 aliphatic rings. The molecule has 3 N–H and O–H groups in total. The number of nitrogens with zero attached hydrogens (tertiary/aromatic N) is 2. The van der Waals surface area contributed by atoms with Crippen molar-refractivity contribution < 1.29 is 4.79 Å². The fourth-order valence-electron chi connectivity index (χ4n) is 3.32. The maximum absolute atomic E-state index is 12.4. The molecular weight excluding hydrogens is 288 g/mol. The van der Waals surface area contributed by atoms with E-state index in [1.54, 1.807) is 0 Å². The first-order chi connectivity index (χ1) is 11.2. The van der Waals surface area contributed by atoms with E-state index in [1.165, 1.54) is 24.4 Å². The van der Waals surface area contributed by atoms with Gasteiger partial charge in [0.15, 0.2) is 11.5 Å². The van der Waals surface area contributed by atoms with Gasteiger partial charge >= 0.3 is 0 Å². The van der Waals surface area contributed by atoms with Crippen LogP contribution in [0.2, 0.25) is 0 Å². The third-order valence-corrected chi connectivity index (χ3v) is 4.51. The smallest absolute Gasteiger partial charge is 0.273 e. The van der Waals surface area contributed by atoms with Crippen LogP contribution < -0.4 is 11.1 Å². The average molecular weight is 310 g/mol. The largest absolute Gasteiger partial charge is 0.382 e. The van der Waals surface area contributed by atoms with Gasteiger partial charge in [-0.2, -0.15) is 0 Å². The Morgan fingerprint density at radius 3 is 2.65 bits per heavy atom. The summed E-state index contributed by atoms with van der Waals surface area (Å²) in [4.78, 5) is 20.4. The molecule has 1 amide bonds. The number of hydrogen-bond acceptors (Lipinski definition) is 4. The van der Waals surface area contributed by atoms with Gasteiger partial charge in [-0.05, 0) is 30.7 Å². The van der Waals surface area contributed by atoms with E-state index in [4.69, 9.17) is 5.73 Å². The summed E-state index contributed by atoms with van der Waals surface area (Å²) in [5.41, 5.74) is 7.29. The minimum absolute atomic E-state index is 0.165. The van der Waals surface area contributed by atoms with Crippen LogP contribution in [0.25, 0.3) is 0 Å². The van der Waals surface area contributed by atoms with Crippen molar-refractivity contribution in [1.82, 2.24) is 15.3 Å². The molecule has 0 spiro atoms. The molecule has 1 aromatic heterocycles. The van der Waals surface area contributed by atoms with Gasteiger partial charge in [0, 0.05) is 18.4 Å². The molecule has 1 aliphatic carbocycles. The zero-order chi connectivity index (χ0) is 16.1. The number of aromatic nitrogens is 2. The zero-order valence-corrected chi connectivity index (χ0v) is 13.1. The van der Waals surface area contributed by atoms with Gasteiger partial charge in [0.05, 0.1) is 0 Å². The lowest BCUT2D eigenvalue weighted by Gasteiger charge is -2.32. The van der Waals surface area contributed by atoms with Crippen LogP contribution in [0.1, 0.15) is 41.7 Å². The van der Waals surface area contributed by atoms with Crippen molar-refractivity contribution >= 4 is 11.7 Å². The monoisotopic (exact) mass is 310 g/mol. The first-order valence-electron chi connectivity index (χ1n) is 8.15. The van der Waals surface area contributed by atoms with Crippen LogP contribution in [0.3, 0.4) is 0 Å². The predicted octanol–water partition coefficient (Wildman–Crippen LogP) is 2.59. The number of nitrogen functional groups attached to an aromatic ring is 1. The summed E-state index contributed by atoms with van der Waals surface area (Å²) in [6.07, 6.45) is 8.47. The minimum Gasteiger partial charge on any atom is -0.382 e. The summed E-state index contributed by atoms with van der Waals surface area (Å²) in [6, 6.07) is 10.6. The van der Waals surface area contributed by atoms with Crippen molar-refractivity contribution in [2.75, 3.05) is 5.73 Å². The molecule has 0 aliphatic heterocycles. The number of nitrogens with one attached hydrogen (secondary N) is 1.